The quantitative estimate of drug-likeness (QED) is 0.251. The van der Waals surface area contributed by atoms with Crippen molar-refractivity contribution >= 4 is 12.2 Å². The summed E-state index contributed by atoms with van der Waals surface area (Å²) in [5.74, 6) is 1.07. The standard InChI is InChI=1S/C27H28F3N5O2/c28-27(29,30)22-9-4-21(5-10-22)8-13-26-32-24(19-37-26)18-36-25-11-6-20(7-12-25)3-1-2-16-35-17-23(14-15-31)33-34-35/h4-13,17,19H,1-3,14-16,18,31H2/b13-8+. The van der Waals surface area contributed by atoms with Gasteiger partial charge in [0.2, 0.25) is 5.89 Å². The molecular formula is C27H28F3N5O2. The number of halogens is 3. The van der Waals surface area contributed by atoms with Crippen LogP contribution in [0.1, 0.15) is 46.8 Å². The summed E-state index contributed by atoms with van der Waals surface area (Å²) >= 11 is 0. The van der Waals surface area contributed by atoms with Gasteiger partial charge in [0.25, 0.3) is 0 Å². The Morgan fingerprint density at radius 2 is 1.73 bits per heavy atom. The van der Waals surface area contributed by atoms with Crippen LogP contribution in [-0.4, -0.2) is 26.5 Å². The summed E-state index contributed by atoms with van der Waals surface area (Å²) in [5.41, 5.74) is 8.23. The topological polar surface area (TPSA) is 92.0 Å². The van der Waals surface area contributed by atoms with Crippen LogP contribution in [0.5, 0.6) is 5.75 Å². The molecule has 0 bridgehead atoms. The molecule has 2 aromatic carbocycles. The van der Waals surface area contributed by atoms with Crippen LogP contribution in [0.3, 0.4) is 0 Å². The van der Waals surface area contributed by atoms with Gasteiger partial charge in [-0.3, -0.25) is 4.68 Å². The first kappa shape index (κ1) is 26.2. The van der Waals surface area contributed by atoms with Gasteiger partial charge in [-0.2, -0.15) is 13.2 Å². The minimum absolute atomic E-state index is 0.237. The molecule has 4 aromatic rings. The number of aryl methyl sites for hydroxylation is 2. The second-order valence-electron chi connectivity index (χ2n) is 8.53. The van der Waals surface area contributed by atoms with Crippen LogP contribution in [0, 0.1) is 0 Å². The van der Waals surface area contributed by atoms with Crippen LogP contribution in [-0.2, 0) is 32.2 Å². The SMILES string of the molecule is NCCc1cn(CCCCc2ccc(OCc3coc(/C=C/c4ccc(C(F)(F)F)cc4)n3)cc2)nn1. The van der Waals surface area contributed by atoms with Crippen LogP contribution in [0.4, 0.5) is 13.2 Å². The van der Waals surface area contributed by atoms with Gasteiger partial charge in [0.05, 0.1) is 11.3 Å². The second-order valence-corrected chi connectivity index (χ2v) is 8.53. The van der Waals surface area contributed by atoms with Crippen LogP contribution in [0.2, 0.25) is 0 Å². The smallest absolute Gasteiger partial charge is 0.416 e. The number of hydrogen-bond donors (Lipinski definition) is 1. The van der Waals surface area contributed by atoms with Crippen molar-refractivity contribution in [3.63, 3.8) is 0 Å². The van der Waals surface area contributed by atoms with Crippen molar-refractivity contribution in [1.82, 2.24) is 20.0 Å². The second kappa shape index (κ2) is 12.4. The van der Waals surface area contributed by atoms with E-state index < -0.39 is 11.7 Å². The van der Waals surface area contributed by atoms with Gasteiger partial charge in [0.1, 0.15) is 24.3 Å². The largest absolute Gasteiger partial charge is 0.487 e. The molecule has 0 atom stereocenters. The summed E-state index contributed by atoms with van der Waals surface area (Å²) in [7, 11) is 0. The highest BCUT2D eigenvalue weighted by Gasteiger charge is 2.29. The highest BCUT2D eigenvalue weighted by Crippen LogP contribution is 2.29. The molecule has 2 heterocycles. The number of ether oxygens (including phenoxy) is 1. The predicted octanol–water partition coefficient (Wildman–Crippen LogP) is 5.56. The zero-order valence-electron chi connectivity index (χ0n) is 20.2. The van der Waals surface area contributed by atoms with Crippen LogP contribution in [0.15, 0.2) is 65.4 Å². The molecule has 2 N–H and O–H groups in total. The summed E-state index contributed by atoms with van der Waals surface area (Å²) in [6.45, 7) is 1.64. The molecule has 0 fully saturated rings. The molecule has 7 nitrogen and oxygen atoms in total. The first-order chi connectivity index (χ1) is 17.9. The fraction of sp³-hybridized carbons (Fsp3) is 0.296. The summed E-state index contributed by atoms with van der Waals surface area (Å²) in [4.78, 5) is 4.33. The molecule has 0 saturated heterocycles. The molecule has 0 spiro atoms. The lowest BCUT2D eigenvalue weighted by molar-refractivity contribution is -0.137. The number of rotatable bonds is 12. The summed E-state index contributed by atoms with van der Waals surface area (Å²) < 4.78 is 51.0. The molecular weight excluding hydrogens is 483 g/mol. The lowest BCUT2D eigenvalue weighted by atomic mass is 10.1. The Kier molecular flexibility index (Phi) is 8.73. The van der Waals surface area contributed by atoms with Gasteiger partial charge in [0, 0.05) is 25.2 Å². The van der Waals surface area contributed by atoms with E-state index in [0.29, 0.717) is 23.7 Å². The highest BCUT2D eigenvalue weighted by molar-refractivity contribution is 5.66. The molecule has 4 rings (SSSR count). The van der Waals surface area contributed by atoms with E-state index in [4.69, 9.17) is 14.9 Å². The van der Waals surface area contributed by atoms with E-state index in [0.717, 1.165) is 55.8 Å². The summed E-state index contributed by atoms with van der Waals surface area (Å²) in [6.07, 6.45) is 6.08. The van der Waals surface area contributed by atoms with Gasteiger partial charge in [-0.1, -0.05) is 29.5 Å². The molecule has 194 valence electrons. The molecule has 0 amide bonds. The summed E-state index contributed by atoms with van der Waals surface area (Å²) in [6, 6.07) is 12.8. The van der Waals surface area contributed by atoms with E-state index >= 15 is 0 Å². The lowest BCUT2D eigenvalue weighted by Crippen LogP contribution is -2.03. The van der Waals surface area contributed by atoms with Crippen molar-refractivity contribution in [3.8, 4) is 5.75 Å². The number of aromatic nitrogens is 4. The number of alkyl halides is 3. The van der Waals surface area contributed by atoms with Crippen molar-refractivity contribution in [3.05, 3.63) is 95.0 Å². The van der Waals surface area contributed by atoms with E-state index in [1.807, 2.05) is 35.1 Å². The molecule has 0 radical (unpaired) electrons. The van der Waals surface area contributed by atoms with Crippen molar-refractivity contribution < 1.29 is 22.3 Å². The fourth-order valence-corrected chi connectivity index (χ4v) is 3.64. The van der Waals surface area contributed by atoms with Gasteiger partial charge < -0.3 is 14.9 Å². The fourth-order valence-electron chi connectivity index (χ4n) is 3.64. The molecule has 0 saturated carbocycles. The van der Waals surface area contributed by atoms with Gasteiger partial charge >= 0.3 is 6.18 Å². The molecule has 37 heavy (non-hydrogen) atoms. The molecule has 0 aliphatic heterocycles. The molecule has 10 heteroatoms. The summed E-state index contributed by atoms with van der Waals surface area (Å²) in [5, 5.41) is 8.22. The van der Waals surface area contributed by atoms with E-state index in [1.165, 1.54) is 24.0 Å². The van der Waals surface area contributed by atoms with Gasteiger partial charge in [0.15, 0.2) is 0 Å². The van der Waals surface area contributed by atoms with Crippen LogP contribution >= 0.6 is 0 Å². The van der Waals surface area contributed by atoms with E-state index in [9.17, 15) is 13.2 Å². The number of unbranched alkanes of at least 4 members (excludes halogenated alkanes) is 1. The first-order valence-corrected chi connectivity index (χ1v) is 12.0. The number of nitrogens with two attached hydrogens (primary N) is 1. The monoisotopic (exact) mass is 511 g/mol. The number of oxazole rings is 1. The zero-order chi connectivity index (χ0) is 26.1. The molecule has 0 aliphatic rings. The Labute approximate surface area is 212 Å². The highest BCUT2D eigenvalue weighted by atomic mass is 19.4. The Hall–Kier alpha value is -3.92. The van der Waals surface area contributed by atoms with Crippen LogP contribution < -0.4 is 10.5 Å². The van der Waals surface area contributed by atoms with E-state index in [2.05, 4.69) is 15.3 Å². The molecule has 2 aromatic heterocycles. The Morgan fingerprint density at radius 3 is 2.46 bits per heavy atom. The number of benzene rings is 2. The Balaban J connectivity index is 1.18. The van der Waals surface area contributed by atoms with Crippen molar-refractivity contribution in [1.29, 1.82) is 0 Å². The minimum Gasteiger partial charge on any atom is -0.487 e. The Bertz CT molecular complexity index is 1280. The maximum atomic E-state index is 12.7. The minimum atomic E-state index is -4.35. The zero-order valence-corrected chi connectivity index (χ0v) is 20.2. The molecule has 0 aliphatic carbocycles. The van der Waals surface area contributed by atoms with Gasteiger partial charge in [-0.05, 0) is 67.3 Å². The molecule has 0 unspecified atom stereocenters. The van der Waals surface area contributed by atoms with Crippen molar-refractivity contribution in [2.75, 3.05) is 6.54 Å². The maximum Gasteiger partial charge on any atom is 0.416 e. The maximum absolute atomic E-state index is 12.7. The first-order valence-electron chi connectivity index (χ1n) is 12.0. The average Bonchev–Trinajstić information content (AvgIpc) is 3.54. The average molecular weight is 512 g/mol. The van der Waals surface area contributed by atoms with Gasteiger partial charge in [-0.25, -0.2) is 4.98 Å². The number of nitrogens with zero attached hydrogens (tertiary/aromatic N) is 4. The number of hydrogen-bond acceptors (Lipinski definition) is 6. The van der Waals surface area contributed by atoms with Crippen molar-refractivity contribution in [2.24, 2.45) is 5.73 Å². The Morgan fingerprint density at radius 1 is 0.946 bits per heavy atom. The van der Waals surface area contributed by atoms with E-state index in [-0.39, 0.29) is 6.61 Å². The third kappa shape index (κ3) is 8.04. The third-order valence-electron chi connectivity index (χ3n) is 5.63. The van der Waals surface area contributed by atoms with Gasteiger partial charge in [-0.15, -0.1) is 5.10 Å². The predicted molar refractivity (Wildman–Crippen MR) is 133 cm³/mol. The van der Waals surface area contributed by atoms with Crippen LogP contribution in [0.25, 0.3) is 12.2 Å². The van der Waals surface area contributed by atoms with Crippen molar-refractivity contribution in [2.45, 2.75) is 45.0 Å². The normalized spacial score (nSPS) is 11.9. The third-order valence-corrected chi connectivity index (χ3v) is 5.63. The van der Waals surface area contributed by atoms with E-state index in [1.54, 1.807) is 12.2 Å². The lowest BCUT2D eigenvalue weighted by Gasteiger charge is -2.06.